The third-order valence-corrected chi connectivity index (χ3v) is 4.05. The Morgan fingerprint density at radius 1 is 1.28 bits per heavy atom. The lowest BCUT2D eigenvalue weighted by molar-refractivity contribution is -0.137. The molecule has 2 N–H and O–H groups in total. The lowest BCUT2D eigenvalue weighted by atomic mass is 9.97. The van der Waals surface area contributed by atoms with Crippen molar-refractivity contribution in [1.82, 2.24) is 10.2 Å². The Hall–Kier alpha value is -2.45. The number of ether oxygens (including phenoxy) is 1. The van der Waals surface area contributed by atoms with Gasteiger partial charge in [0, 0.05) is 25.3 Å². The highest BCUT2D eigenvalue weighted by atomic mass is 19.4. The number of likely N-dealkylation sites (tertiary alicyclic amines) is 1. The molecule has 1 aromatic carbocycles. The van der Waals surface area contributed by atoms with Gasteiger partial charge in [-0.25, -0.2) is 9.59 Å². The van der Waals surface area contributed by atoms with Gasteiger partial charge in [0.1, 0.15) is 0 Å². The largest absolute Gasteiger partial charge is 0.453 e. The van der Waals surface area contributed by atoms with E-state index in [0.717, 1.165) is 25.0 Å². The van der Waals surface area contributed by atoms with E-state index in [1.54, 1.807) is 4.90 Å². The van der Waals surface area contributed by atoms with Crippen molar-refractivity contribution in [3.8, 4) is 0 Å². The second kappa shape index (κ2) is 8.09. The predicted octanol–water partition coefficient (Wildman–Crippen LogP) is 3.31. The third-order valence-electron chi connectivity index (χ3n) is 4.05. The molecule has 0 saturated carbocycles. The van der Waals surface area contributed by atoms with Crippen LogP contribution in [0.4, 0.5) is 28.4 Å². The van der Waals surface area contributed by atoms with Crippen LogP contribution in [0.5, 0.6) is 0 Å². The van der Waals surface area contributed by atoms with E-state index in [1.165, 1.54) is 19.2 Å². The molecule has 0 radical (unpaired) electrons. The quantitative estimate of drug-likeness (QED) is 0.870. The third kappa shape index (κ3) is 5.54. The monoisotopic (exact) mass is 359 g/mol. The van der Waals surface area contributed by atoms with Crippen LogP contribution >= 0.6 is 0 Å². The molecule has 1 aliphatic rings. The van der Waals surface area contributed by atoms with Gasteiger partial charge in [-0.05, 0) is 37.0 Å². The van der Waals surface area contributed by atoms with E-state index in [9.17, 15) is 22.8 Å². The van der Waals surface area contributed by atoms with Crippen molar-refractivity contribution in [2.24, 2.45) is 5.92 Å². The summed E-state index contributed by atoms with van der Waals surface area (Å²) >= 11 is 0. The first kappa shape index (κ1) is 18.9. The molecule has 1 aromatic rings. The first-order chi connectivity index (χ1) is 11.8. The first-order valence-electron chi connectivity index (χ1n) is 7.84. The number of amides is 3. The molecule has 0 aliphatic carbocycles. The average molecular weight is 359 g/mol. The molecule has 1 aliphatic heterocycles. The zero-order chi connectivity index (χ0) is 18.4. The van der Waals surface area contributed by atoms with Crippen LogP contribution in [0.1, 0.15) is 18.4 Å². The van der Waals surface area contributed by atoms with E-state index in [0.29, 0.717) is 19.6 Å². The van der Waals surface area contributed by atoms with E-state index in [1.807, 2.05) is 0 Å². The maximum atomic E-state index is 12.6. The van der Waals surface area contributed by atoms with Crippen LogP contribution < -0.4 is 10.6 Å². The summed E-state index contributed by atoms with van der Waals surface area (Å²) < 4.78 is 42.6. The minimum Gasteiger partial charge on any atom is -0.453 e. The lowest BCUT2D eigenvalue weighted by Gasteiger charge is -2.30. The molecular weight excluding hydrogens is 339 g/mol. The Morgan fingerprint density at radius 2 is 1.96 bits per heavy atom. The maximum absolute atomic E-state index is 12.6. The number of nitrogens with one attached hydrogen (secondary N) is 2. The van der Waals surface area contributed by atoms with Gasteiger partial charge >= 0.3 is 18.3 Å². The zero-order valence-electron chi connectivity index (χ0n) is 13.7. The summed E-state index contributed by atoms with van der Waals surface area (Å²) in [5, 5.41) is 5.05. The number of anilines is 1. The molecule has 1 heterocycles. The summed E-state index contributed by atoms with van der Waals surface area (Å²) in [7, 11) is 1.33. The number of alkyl halides is 3. The summed E-state index contributed by atoms with van der Waals surface area (Å²) in [6.45, 7) is 1.49. The number of hydrogen-bond donors (Lipinski definition) is 2. The maximum Gasteiger partial charge on any atom is 0.416 e. The molecule has 9 heteroatoms. The molecule has 0 spiro atoms. The second-order valence-corrected chi connectivity index (χ2v) is 5.81. The summed E-state index contributed by atoms with van der Waals surface area (Å²) in [4.78, 5) is 24.8. The molecule has 0 unspecified atom stereocenters. The summed E-state index contributed by atoms with van der Waals surface area (Å²) in [5.74, 6) is 0.202. The molecule has 0 bridgehead atoms. The van der Waals surface area contributed by atoms with Crippen molar-refractivity contribution in [2.45, 2.75) is 19.0 Å². The fourth-order valence-corrected chi connectivity index (χ4v) is 2.63. The standard InChI is InChI=1S/C16H20F3N3O3/c1-25-15(24)22-7-5-11(6-8-22)10-20-14(23)21-13-4-2-3-12(9-13)16(17,18)19/h2-4,9,11H,5-8,10H2,1H3,(H2,20,21,23). The van der Waals surface area contributed by atoms with Gasteiger partial charge in [-0.1, -0.05) is 6.07 Å². The number of rotatable bonds is 3. The van der Waals surface area contributed by atoms with Gasteiger partial charge in [-0.2, -0.15) is 13.2 Å². The minimum absolute atomic E-state index is 0.0767. The Bertz CT molecular complexity index is 614. The molecule has 138 valence electrons. The number of nitrogens with zero attached hydrogens (tertiary/aromatic N) is 1. The van der Waals surface area contributed by atoms with Crippen LogP contribution in [-0.2, 0) is 10.9 Å². The van der Waals surface area contributed by atoms with E-state index in [4.69, 9.17) is 0 Å². The number of benzene rings is 1. The van der Waals surface area contributed by atoms with E-state index < -0.39 is 17.8 Å². The van der Waals surface area contributed by atoms with Crippen LogP contribution in [0.3, 0.4) is 0 Å². The van der Waals surface area contributed by atoms with Crippen molar-refractivity contribution in [1.29, 1.82) is 0 Å². The Labute approximate surface area is 143 Å². The molecule has 3 amide bonds. The highest BCUT2D eigenvalue weighted by molar-refractivity contribution is 5.89. The SMILES string of the molecule is COC(=O)N1CCC(CNC(=O)Nc2cccc(C(F)(F)F)c2)CC1. The predicted molar refractivity (Wildman–Crippen MR) is 85.2 cm³/mol. The molecule has 0 aromatic heterocycles. The van der Waals surface area contributed by atoms with Crippen molar-refractivity contribution >= 4 is 17.8 Å². The first-order valence-corrected chi connectivity index (χ1v) is 7.84. The summed E-state index contributed by atoms with van der Waals surface area (Å²) in [6.07, 6.45) is -3.38. The number of piperidine rings is 1. The van der Waals surface area contributed by atoms with Gasteiger partial charge in [0.2, 0.25) is 0 Å². The number of hydrogen-bond acceptors (Lipinski definition) is 3. The number of carbonyl (C=O) groups is 2. The van der Waals surface area contributed by atoms with Crippen molar-refractivity contribution in [2.75, 3.05) is 32.1 Å². The Kier molecular flexibility index (Phi) is 6.11. The van der Waals surface area contributed by atoms with E-state index in [-0.39, 0.29) is 17.7 Å². The zero-order valence-corrected chi connectivity index (χ0v) is 13.7. The smallest absolute Gasteiger partial charge is 0.416 e. The van der Waals surface area contributed by atoms with Crippen molar-refractivity contribution in [3.63, 3.8) is 0 Å². The topological polar surface area (TPSA) is 70.7 Å². The Balaban J connectivity index is 1.77. The van der Waals surface area contributed by atoms with E-state index in [2.05, 4.69) is 15.4 Å². The van der Waals surface area contributed by atoms with Gasteiger partial charge in [-0.15, -0.1) is 0 Å². The van der Waals surface area contributed by atoms with Crippen molar-refractivity contribution in [3.05, 3.63) is 29.8 Å². The van der Waals surface area contributed by atoms with Gasteiger partial charge in [0.15, 0.2) is 0 Å². The average Bonchev–Trinajstić information content (AvgIpc) is 2.59. The van der Waals surface area contributed by atoms with Gasteiger partial charge in [-0.3, -0.25) is 0 Å². The van der Waals surface area contributed by atoms with Gasteiger partial charge < -0.3 is 20.3 Å². The van der Waals surface area contributed by atoms with Crippen LogP contribution in [0, 0.1) is 5.92 Å². The molecule has 2 rings (SSSR count). The second-order valence-electron chi connectivity index (χ2n) is 5.81. The number of halogens is 3. The fraction of sp³-hybridized carbons (Fsp3) is 0.500. The minimum atomic E-state index is -4.46. The Morgan fingerprint density at radius 3 is 2.56 bits per heavy atom. The number of urea groups is 1. The molecule has 6 nitrogen and oxygen atoms in total. The number of carbonyl (C=O) groups excluding carboxylic acids is 2. The molecular formula is C16H20F3N3O3. The van der Waals surface area contributed by atoms with Crippen LogP contribution in [0.2, 0.25) is 0 Å². The molecule has 1 saturated heterocycles. The normalized spacial score (nSPS) is 15.6. The van der Waals surface area contributed by atoms with E-state index >= 15 is 0 Å². The van der Waals surface area contributed by atoms with Crippen LogP contribution in [-0.4, -0.2) is 43.8 Å². The molecule has 25 heavy (non-hydrogen) atoms. The molecule has 1 fully saturated rings. The fourth-order valence-electron chi connectivity index (χ4n) is 2.63. The van der Waals surface area contributed by atoms with Crippen LogP contribution in [0.25, 0.3) is 0 Å². The van der Waals surface area contributed by atoms with Gasteiger partial charge in [0.05, 0.1) is 12.7 Å². The molecule has 0 atom stereocenters. The number of methoxy groups -OCH3 is 1. The van der Waals surface area contributed by atoms with Crippen molar-refractivity contribution < 1.29 is 27.5 Å². The summed E-state index contributed by atoms with van der Waals surface area (Å²) in [5.41, 5.74) is -0.742. The summed E-state index contributed by atoms with van der Waals surface area (Å²) in [6, 6.07) is 3.90. The lowest BCUT2D eigenvalue weighted by Crippen LogP contribution is -2.42. The van der Waals surface area contributed by atoms with Gasteiger partial charge in [0.25, 0.3) is 0 Å². The van der Waals surface area contributed by atoms with Crippen LogP contribution in [0.15, 0.2) is 24.3 Å². The highest BCUT2D eigenvalue weighted by Crippen LogP contribution is 2.30. The highest BCUT2D eigenvalue weighted by Gasteiger charge is 2.30.